The van der Waals surface area contributed by atoms with Crippen molar-refractivity contribution in [3.8, 4) is 0 Å². The lowest BCUT2D eigenvalue weighted by atomic mass is 10.2. The Kier molecular flexibility index (Phi) is 3.18. The topological polar surface area (TPSA) is 26.3 Å². The average molecular weight is 196 g/mol. The first kappa shape index (κ1) is 8.95. The third-order valence-corrected chi connectivity index (χ3v) is 0.987. The van der Waals surface area contributed by atoms with Gasteiger partial charge in [-0.1, -0.05) is 15.9 Å². The van der Waals surface area contributed by atoms with Gasteiger partial charge in [0, 0.05) is 0 Å². The molecule has 0 aromatic rings. The van der Waals surface area contributed by atoms with Gasteiger partial charge in [-0.2, -0.15) is 0 Å². The monoisotopic (exact) mass is 195 g/mol. The van der Waals surface area contributed by atoms with Gasteiger partial charge in [-0.05, 0) is 20.8 Å². The third-order valence-electron chi connectivity index (χ3n) is 0.529. The number of hydrogen-bond donors (Lipinski definition) is 0. The molecule has 0 aliphatic rings. The fraction of sp³-hybridized carbons (Fsp3) is 0.833. The molecule has 0 unspecified atom stereocenters. The predicted octanol–water partition coefficient (Wildman–Crippen LogP) is 1.72. The highest BCUT2D eigenvalue weighted by Crippen LogP contribution is 2.07. The van der Waals surface area contributed by atoms with Gasteiger partial charge in [0.25, 0.3) is 0 Å². The van der Waals surface area contributed by atoms with Crippen molar-refractivity contribution in [1.82, 2.24) is 0 Å². The van der Waals surface area contributed by atoms with Crippen LogP contribution in [0.1, 0.15) is 20.8 Å². The van der Waals surface area contributed by atoms with Crippen molar-refractivity contribution in [2.45, 2.75) is 26.4 Å². The molecule has 0 saturated carbocycles. The van der Waals surface area contributed by atoms with E-state index in [2.05, 4.69) is 15.9 Å². The van der Waals surface area contributed by atoms with Crippen LogP contribution >= 0.6 is 15.9 Å². The van der Waals surface area contributed by atoms with E-state index < -0.39 is 0 Å². The second-order valence-electron chi connectivity index (χ2n) is 2.72. The Bertz CT molecular complexity index is 104. The van der Waals surface area contributed by atoms with E-state index >= 15 is 0 Å². The minimum Gasteiger partial charge on any atom is -0.459 e. The molecule has 9 heavy (non-hydrogen) atoms. The largest absolute Gasteiger partial charge is 0.459 e. The van der Waals surface area contributed by atoms with E-state index in [1.165, 1.54) is 0 Å². The molecule has 0 radical (unpaired) electrons. The molecule has 0 bridgehead atoms. The molecule has 0 aliphatic heterocycles. The Morgan fingerprint density at radius 1 is 1.56 bits per heavy atom. The number of hydrogen-bond acceptors (Lipinski definition) is 2. The second-order valence-corrected chi connectivity index (χ2v) is 3.28. The van der Waals surface area contributed by atoms with Gasteiger partial charge in [0.05, 0.1) is 0 Å². The lowest BCUT2D eigenvalue weighted by molar-refractivity contribution is -0.151. The van der Waals surface area contributed by atoms with Crippen LogP contribution in [0.25, 0.3) is 0 Å². The van der Waals surface area contributed by atoms with Crippen LogP contribution in [-0.4, -0.2) is 16.9 Å². The first-order chi connectivity index (χ1) is 3.95. The smallest absolute Gasteiger partial charge is 0.317 e. The lowest BCUT2D eigenvalue weighted by Gasteiger charge is -2.18. The molecule has 3 heteroatoms. The molecule has 0 spiro atoms. The maximum atomic E-state index is 10.6. The number of ether oxygens (including phenoxy) is 1. The van der Waals surface area contributed by atoms with E-state index in [1.54, 1.807) is 0 Å². The lowest BCUT2D eigenvalue weighted by Crippen LogP contribution is -2.24. The Labute approximate surface area is 63.7 Å². The Hall–Kier alpha value is -0.0500. The third kappa shape index (κ3) is 5.83. The van der Waals surface area contributed by atoms with Gasteiger partial charge in [-0.3, -0.25) is 4.79 Å². The number of esters is 1. The molecule has 0 atom stereocenters. The van der Waals surface area contributed by atoms with E-state index in [4.69, 9.17) is 4.74 Å². The summed E-state index contributed by atoms with van der Waals surface area (Å²) >= 11 is 2.99. The molecule has 0 aliphatic carbocycles. The molecule has 0 amide bonds. The summed E-state index contributed by atoms with van der Waals surface area (Å²) in [6.45, 7) is 5.52. The minimum atomic E-state index is -0.356. The van der Waals surface area contributed by atoms with Crippen LogP contribution in [0.2, 0.25) is 0 Å². The van der Waals surface area contributed by atoms with Crippen molar-refractivity contribution in [3.63, 3.8) is 0 Å². The predicted molar refractivity (Wildman–Crippen MR) is 39.6 cm³/mol. The van der Waals surface area contributed by atoms with Gasteiger partial charge in [0.1, 0.15) is 10.9 Å². The summed E-state index contributed by atoms with van der Waals surface area (Å²) in [6, 6.07) is 0. The van der Waals surface area contributed by atoms with Crippen molar-refractivity contribution in [2.75, 3.05) is 5.33 Å². The molecule has 0 aromatic carbocycles. The fourth-order valence-electron chi connectivity index (χ4n) is 0.369. The zero-order valence-electron chi connectivity index (χ0n) is 5.90. The molecule has 0 aromatic heterocycles. The van der Waals surface area contributed by atoms with E-state index in [1.807, 2.05) is 20.8 Å². The molecular formula is C6H11BrO2. The highest BCUT2D eigenvalue weighted by molar-refractivity contribution is 9.09. The number of carbonyl (C=O) groups excluding carboxylic acids is 1. The molecule has 0 saturated heterocycles. The van der Waals surface area contributed by atoms with Crippen LogP contribution < -0.4 is 0 Å². The SMILES string of the molecule is CC(C)(C)OC(=O)[13CH2]Br. The summed E-state index contributed by atoms with van der Waals surface area (Å²) < 4.78 is 4.90. The van der Waals surface area contributed by atoms with Crippen LogP contribution in [0.3, 0.4) is 0 Å². The van der Waals surface area contributed by atoms with E-state index in [9.17, 15) is 4.79 Å². The fourth-order valence-corrected chi connectivity index (χ4v) is 0.483. The van der Waals surface area contributed by atoms with Crippen LogP contribution in [0.5, 0.6) is 0 Å². The van der Waals surface area contributed by atoms with Crippen molar-refractivity contribution >= 4 is 21.9 Å². The molecule has 0 fully saturated rings. The molecule has 2 nitrogen and oxygen atoms in total. The number of carbonyl (C=O) groups is 1. The van der Waals surface area contributed by atoms with Gasteiger partial charge in [-0.15, -0.1) is 0 Å². The second kappa shape index (κ2) is 3.20. The first-order valence-corrected chi connectivity index (χ1v) is 3.85. The zero-order chi connectivity index (χ0) is 7.49. The molecule has 0 heterocycles. The van der Waals surface area contributed by atoms with E-state index in [0.29, 0.717) is 0 Å². The number of halogens is 1. The maximum absolute atomic E-state index is 10.6. The summed E-state index contributed by atoms with van der Waals surface area (Å²) in [7, 11) is 0. The molecule has 54 valence electrons. The normalized spacial score (nSPS) is 11.1. The standard InChI is InChI=1S/C6H11BrO2/c1-6(2,3)9-5(8)4-7/h4H2,1-3H3/i4+1. The number of rotatable bonds is 1. The van der Waals surface area contributed by atoms with Crippen LogP contribution in [0.4, 0.5) is 0 Å². The van der Waals surface area contributed by atoms with Gasteiger partial charge in [-0.25, -0.2) is 0 Å². The number of alkyl halides is 1. The molecule has 0 N–H and O–H groups in total. The van der Waals surface area contributed by atoms with E-state index in [0.717, 1.165) is 0 Å². The van der Waals surface area contributed by atoms with Crippen LogP contribution in [0, 0.1) is 0 Å². The minimum absolute atomic E-state index is 0.220. The van der Waals surface area contributed by atoms with Crippen molar-refractivity contribution in [3.05, 3.63) is 0 Å². The average Bonchev–Trinajstić information content (AvgIpc) is 1.62. The Balaban J connectivity index is 3.60. The van der Waals surface area contributed by atoms with Gasteiger partial charge >= 0.3 is 5.97 Å². The zero-order valence-corrected chi connectivity index (χ0v) is 7.49. The van der Waals surface area contributed by atoms with Crippen molar-refractivity contribution < 1.29 is 9.53 Å². The summed E-state index contributed by atoms with van der Waals surface area (Å²) in [5.74, 6) is -0.220. The molecule has 0 rings (SSSR count). The quantitative estimate of drug-likeness (QED) is 0.362. The summed E-state index contributed by atoms with van der Waals surface area (Å²) in [4.78, 5) is 10.6. The molecular weight excluding hydrogens is 185 g/mol. The summed E-state index contributed by atoms with van der Waals surface area (Å²) in [5, 5.41) is 0.268. The van der Waals surface area contributed by atoms with Gasteiger partial charge < -0.3 is 4.74 Å². The van der Waals surface area contributed by atoms with Gasteiger partial charge in [0.2, 0.25) is 0 Å². The Morgan fingerprint density at radius 3 is 2.11 bits per heavy atom. The summed E-state index contributed by atoms with van der Waals surface area (Å²) in [6.07, 6.45) is 0. The van der Waals surface area contributed by atoms with Crippen LogP contribution in [-0.2, 0) is 9.53 Å². The highest BCUT2D eigenvalue weighted by atomic mass is 79.9. The highest BCUT2D eigenvalue weighted by Gasteiger charge is 2.14. The summed E-state index contributed by atoms with van der Waals surface area (Å²) in [5.41, 5.74) is -0.356. The van der Waals surface area contributed by atoms with Crippen LogP contribution in [0.15, 0.2) is 0 Å². The maximum Gasteiger partial charge on any atom is 0.317 e. The Morgan fingerprint density at radius 2 is 2.00 bits per heavy atom. The van der Waals surface area contributed by atoms with E-state index in [-0.39, 0.29) is 16.9 Å². The van der Waals surface area contributed by atoms with Gasteiger partial charge in [0.15, 0.2) is 0 Å². The first-order valence-electron chi connectivity index (χ1n) is 2.73. The van der Waals surface area contributed by atoms with Crippen molar-refractivity contribution in [2.24, 2.45) is 0 Å². The van der Waals surface area contributed by atoms with Crippen molar-refractivity contribution in [1.29, 1.82) is 0 Å².